The molecule has 105 heavy (non-hydrogen) atoms. The Morgan fingerprint density at radius 1 is 0.543 bits per heavy atom. The quantitative estimate of drug-likeness (QED) is 0.0108. The molecule has 0 aromatic heterocycles. The van der Waals surface area contributed by atoms with Crippen LogP contribution in [0.4, 0.5) is 14.4 Å². The summed E-state index contributed by atoms with van der Waals surface area (Å²) in [7, 11) is 4.61. The molecule has 7 N–H and O–H groups in total. The second-order valence-corrected chi connectivity index (χ2v) is 29.6. The molecule has 11 rings (SSSR count). The van der Waals surface area contributed by atoms with Crippen molar-refractivity contribution in [1.82, 2.24) is 46.6 Å². The minimum atomic E-state index is -3.10. The summed E-state index contributed by atoms with van der Waals surface area (Å²) in [6, 6.07) is 49.3. The van der Waals surface area contributed by atoms with Gasteiger partial charge in [0, 0.05) is 59.6 Å². The molecular weight excluding hydrogens is 1360 g/mol. The molecule has 6 aromatic carbocycles. The molecule has 0 aliphatic carbocycles. The number of Topliss-reactive ketones (excluding diaryl/α,β-unsaturated/α-hetero) is 1. The van der Waals surface area contributed by atoms with Gasteiger partial charge in [-0.25, -0.2) is 24.0 Å². The van der Waals surface area contributed by atoms with Crippen molar-refractivity contribution in [2.45, 2.75) is 97.7 Å². The number of aliphatic hydroxyl groups is 1. The molecule has 6 aromatic rings. The largest absolute Gasteiger partial charge is 1.00 e. The van der Waals surface area contributed by atoms with Crippen LogP contribution in [0.5, 0.6) is 0 Å². The van der Waals surface area contributed by atoms with Crippen molar-refractivity contribution >= 4 is 98.9 Å². The molecule has 0 bridgehead atoms. The van der Waals surface area contributed by atoms with Gasteiger partial charge in [-0.1, -0.05) is 199 Å². The van der Waals surface area contributed by atoms with Gasteiger partial charge in [0.1, 0.15) is 24.3 Å². The maximum atomic E-state index is 14.6. The van der Waals surface area contributed by atoms with E-state index < -0.39 is 54.7 Å². The van der Waals surface area contributed by atoms with Gasteiger partial charge >= 0.3 is 59.6 Å². The van der Waals surface area contributed by atoms with Gasteiger partial charge in [-0.3, -0.25) is 19.2 Å². The number of nitrogens with zero attached hydrogens (tertiary/aromatic N) is 3. The molecule has 3 saturated heterocycles. The first-order valence-electron chi connectivity index (χ1n) is 34.5. The Labute approximate surface area is 634 Å². The zero-order chi connectivity index (χ0) is 75.1. The monoisotopic (exact) mass is 1450 g/mol. The molecule has 5 aliphatic rings. The number of benzene rings is 6. The average Bonchev–Trinajstić information content (AvgIpc) is 1.55. The SMILES string of the molecule is C=CCOC(=O)C(N1C(=O)[C@H](C(C)C)[C@H]1CC(=O)c1cccc(CNC(=O)NC)c1)=P(c1ccccc1)(c1ccccc1)c1ccccc1.C=CCOC(=O)C1=C(c2cccc(CNC(=O)NC)c2)C[C@@H]2[C@@H](C(C)C)C(=O)N12.CNC(=O)NCc1cccc(C2=C(C(=O)[O-])N3C(=O)[C@H]([C@@H](C)O)[C@H]3C2)c1.[Na+]. The van der Waals surface area contributed by atoms with Crippen LogP contribution in [0.1, 0.15) is 92.1 Å². The molecule has 0 unspecified atom stereocenters. The molecule has 544 valence electrons. The molecule has 5 heterocycles. The zero-order valence-electron chi connectivity index (χ0n) is 60.6. The first-order chi connectivity index (χ1) is 50.0. The first kappa shape index (κ1) is 80.5. The number of likely N-dealkylation sites (tertiary alicyclic amines) is 1. The number of rotatable bonds is 25. The summed E-state index contributed by atoms with van der Waals surface area (Å²) in [4.78, 5) is 131. The van der Waals surface area contributed by atoms with Crippen molar-refractivity contribution in [2.75, 3.05) is 34.4 Å². The van der Waals surface area contributed by atoms with Gasteiger partial charge in [-0.2, -0.15) is 0 Å². The van der Waals surface area contributed by atoms with E-state index in [0.29, 0.717) is 41.8 Å². The average molecular weight is 1450 g/mol. The summed E-state index contributed by atoms with van der Waals surface area (Å²) in [5.41, 5.74) is 6.19. The van der Waals surface area contributed by atoms with E-state index in [1.54, 1.807) is 53.2 Å². The molecule has 3 fully saturated rings. The number of nitrogens with one attached hydrogen (secondary N) is 6. The fourth-order valence-corrected chi connectivity index (χ4v) is 18.7. The molecule has 23 nitrogen and oxygen atoms in total. The molecule has 0 radical (unpaired) electrons. The number of ketones is 1. The van der Waals surface area contributed by atoms with Crippen LogP contribution in [-0.2, 0) is 57.9 Å². The van der Waals surface area contributed by atoms with Gasteiger partial charge in [-0.15, -0.1) is 0 Å². The van der Waals surface area contributed by atoms with Gasteiger partial charge in [0.25, 0.3) is 0 Å². The number of ether oxygens (including phenoxy) is 2. The summed E-state index contributed by atoms with van der Waals surface area (Å²) >= 11 is 0. The van der Waals surface area contributed by atoms with Crippen molar-refractivity contribution in [3.63, 3.8) is 0 Å². The number of hydrogen-bond donors (Lipinski definition) is 7. The van der Waals surface area contributed by atoms with E-state index in [-0.39, 0.29) is 139 Å². The number of hydrogen-bond acceptors (Lipinski definition) is 14. The van der Waals surface area contributed by atoms with Gasteiger partial charge in [0.2, 0.25) is 17.7 Å². The fraction of sp³-hybridized carbons (Fsp3) is 0.312. The van der Waals surface area contributed by atoms with Crippen LogP contribution in [0.25, 0.3) is 11.1 Å². The number of aliphatic carboxylic acids is 1. The van der Waals surface area contributed by atoms with Gasteiger partial charge in [0.05, 0.1) is 53.6 Å². The predicted octanol–water partition coefficient (Wildman–Crippen LogP) is 3.66. The molecule has 9 amide bonds. The van der Waals surface area contributed by atoms with E-state index in [1.165, 1.54) is 38.1 Å². The minimum Gasteiger partial charge on any atom is -0.543 e. The Bertz CT molecular complexity index is 4290. The van der Waals surface area contributed by atoms with Gasteiger partial charge < -0.3 is 71.1 Å². The Morgan fingerprint density at radius 3 is 1.38 bits per heavy atom. The van der Waals surface area contributed by atoms with Gasteiger partial charge in [-0.05, 0) is 105 Å². The zero-order valence-corrected chi connectivity index (χ0v) is 63.4. The number of urea groups is 3. The van der Waals surface area contributed by atoms with Crippen LogP contribution in [-0.4, -0.2) is 143 Å². The number of amides is 9. The summed E-state index contributed by atoms with van der Waals surface area (Å²) in [5, 5.41) is 39.7. The number of fused-ring (bicyclic) bond motifs is 2. The Kier molecular flexibility index (Phi) is 28.0. The third kappa shape index (κ3) is 17.5. The molecule has 5 aliphatic heterocycles. The number of aliphatic hydroxyl groups excluding tert-OH is 1. The summed E-state index contributed by atoms with van der Waals surface area (Å²) < 4.78 is 11.1. The topological polar surface area (TPSA) is 314 Å². The Balaban J connectivity index is 0.000000213. The summed E-state index contributed by atoms with van der Waals surface area (Å²) in [6.45, 7) is 14.7. The number of carbonyl (C=O) groups is 10. The van der Waals surface area contributed by atoms with E-state index in [2.05, 4.69) is 45.1 Å². The third-order valence-corrected chi connectivity index (χ3v) is 23.3. The number of carboxylic acid groups (broad SMARTS) is 1. The molecule has 0 saturated carbocycles. The second-order valence-electron chi connectivity index (χ2n) is 26.3. The van der Waals surface area contributed by atoms with Crippen molar-refractivity contribution in [1.29, 1.82) is 0 Å². The van der Waals surface area contributed by atoms with Crippen molar-refractivity contribution in [3.05, 3.63) is 234 Å². The normalized spacial score (nSPS) is 18.5. The number of carboxylic acids is 1. The maximum Gasteiger partial charge on any atom is 1.00 e. The smallest absolute Gasteiger partial charge is 0.543 e. The van der Waals surface area contributed by atoms with Crippen molar-refractivity contribution < 1.29 is 97.2 Å². The molecule has 7 atom stereocenters. The van der Waals surface area contributed by atoms with Crippen LogP contribution in [0.2, 0.25) is 0 Å². The standard InChI is InChI=1S/C40H42N3O5P.C22H27N3O4.C18H21N3O5.Na/c1-5-24-48-39(46)38(49(31-18-9-6-10-19-31,32-20-11-7-12-21-32)33-22-13-8-14-23-33)43-34(36(28(2)3)37(43)45)26-35(44)30-17-15-16-29(25-30)27-42-40(47)41-4;1-5-9-29-21(27)19-16(11-17-18(13(2)3)20(26)25(17)19)15-8-6-7-14(10-15)12-24-22(28)23-4;1-9(22)14-13-7-12(15(17(24)25)21(13)16(14)23)11-5-3-4-10(6-11)8-20-18(26)19-2;/h5-23,25,28,34,36H,1,24,26-27H2,2-4H3,(H2,41,42,47);5-8,10,13,17-18H,1,9,11-12H2,2-4H3,(H2,23,24,28);3-6,9,13-14,22H,7-8H2,1-2H3,(H,24,25)(H2,19,20,26);/q;;;+1/p-1/t34-,36-;17-,18-;9-,13-,14-;/m111./s1. The fourth-order valence-electron chi connectivity index (χ4n) is 14.3. The number of esters is 2. The van der Waals surface area contributed by atoms with E-state index in [1.807, 2.05) is 155 Å². The van der Waals surface area contributed by atoms with Crippen molar-refractivity contribution in [2.24, 2.45) is 29.6 Å². The van der Waals surface area contributed by atoms with Gasteiger partial charge in [0.15, 0.2) is 5.78 Å². The summed E-state index contributed by atoms with van der Waals surface area (Å²) in [6.07, 6.45) is 3.12. The van der Waals surface area contributed by atoms with Crippen LogP contribution in [0, 0.1) is 29.6 Å². The van der Waals surface area contributed by atoms with Crippen LogP contribution in [0.15, 0.2) is 200 Å². The molecule has 25 heteroatoms. The Hall–Kier alpha value is -10.2. The van der Waals surface area contributed by atoms with Crippen LogP contribution < -0.4 is 82.5 Å². The first-order valence-corrected chi connectivity index (χ1v) is 36.3. The molecule has 0 spiro atoms. The summed E-state index contributed by atoms with van der Waals surface area (Å²) in [5.74, 6) is -4.41. The van der Waals surface area contributed by atoms with Crippen LogP contribution in [0.3, 0.4) is 0 Å². The predicted molar refractivity (Wildman–Crippen MR) is 396 cm³/mol. The molecular formula is C80H89N9NaO14P. The number of β-lactam (4-membered cyclic amide) rings is 3. The van der Waals surface area contributed by atoms with E-state index in [9.17, 15) is 58.2 Å². The maximum absolute atomic E-state index is 14.6. The van der Waals surface area contributed by atoms with E-state index in [0.717, 1.165) is 43.7 Å². The van der Waals surface area contributed by atoms with Crippen LogP contribution >= 0.6 is 6.89 Å². The van der Waals surface area contributed by atoms with Crippen molar-refractivity contribution in [3.8, 4) is 0 Å². The van der Waals surface area contributed by atoms with E-state index in [4.69, 9.17) is 9.47 Å². The number of carbonyl (C=O) groups excluding carboxylic acids is 10. The third-order valence-electron chi connectivity index (χ3n) is 19.1. The minimum absolute atomic E-state index is 0. The second kappa shape index (κ2) is 36.5. The van der Waals surface area contributed by atoms with E-state index >= 15 is 0 Å². The Morgan fingerprint density at radius 2 is 0.952 bits per heavy atom.